The molecule has 0 radical (unpaired) electrons. The van der Waals surface area contributed by atoms with Gasteiger partial charge in [-0.2, -0.15) is 0 Å². The van der Waals surface area contributed by atoms with E-state index in [4.69, 9.17) is 18.9 Å². The van der Waals surface area contributed by atoms with Crippen LogP contribution in [0.5, 0.6) is 23.0 Å². The van der Waals surface area contributed by atoms with Crippen molar-refractivity contribution in [2.75, 3.05) is 41.5 Å². The van der Waals surface area contributed by atoms with Crippen molar-refractivity contribution in [3.63, 3.8) is 0 Å². The molecule has 0 bridgehead atoms. The van der Waals surface area contributed by atoms with Crippen molar-refractivity contribution in [3.8, 4) is 23.0 Å². The number of para-hydroxylation sites is 1. The summed E-state index contributed by atoms with van der Waals surface area (Å²) in [6.07, 6.45) is 0.723. The molecule has 0 heterocycles. The molecule has 0 aromatic heterocycles. The second-order valence-corrected chi connectivity index (χ2v) is 6.11. The average Bonchev–Trinajstić information content (AvgIpc) is 2.70. The van der Waals surface area contributed by atoms with E-state index in [9.17, 15) is 4.79 Å². The predicted octanol–water partition coefficient (Wildman–Crippen LogP) is 3.56. The van der Waals surface area contributed by atoms with Gasteiger partial charge in [0.05, 0.1) is 27.9 Å². The van der Waals surface area contributed by atoms with Crippen LogP contribution in [-0.2, 0) is 0 Å². The van der Waals surface area contributed by atoms with Crippen molar-refractivity contribution in [3.05, 3.63) is 47.5 Å². The quantitative estimate of drug-likeness (QED) is 0.629. The molecule has 0 aliphatic heterocycles. The standard InChI is InChI=1S/C21H27NO5/c1-15-9-6-7-10-17(15)27-12-8-11-22(2)21(23)16-13-18(24-3)20(26-5)19(14-16)25-4/h6-7,9-10,13-14H,8,11-12H2,1-5H3. The van der Waals surface area contributed by atoms with Gasteiger partial charge in [-0.15, -0.1) is 0 Å². The number of benzene rings is 2. The van der Waals surface area contributed by atoms with Crippen molar-refractivity contribution < 1.29 is 23.7 Å². The van der Waals surface area contributed by atoms with Gasteiger partial charge < -0.3 is 23.8 Å². The van der Waals surface area contributed by atoms with Gasteiger partial charge in [0.2, 0.25) is 5.75 Å². The van der Waals surface area contributed by atoms with Gasteiger partial charge in [-0.25, -0.2) is 0 Å². The predicted molar refractivity (Wildman–Crippen MR) is 104 cm³/mol. The van der Waals surface area contributed by atoms with Crippen LogP contribution in [-0.4, -0.2) is 52.3 Å². The molecule has 27 heavy (non-hydrogen) atoms. The van der Waals surface area contributed by atoms with E-state index in [1.165, 1.54) is 21.3 Å². The average molecular weight is 373 g/mol. The first kappa shape index (κ1) is 20.4. The summed E-state index contributed by atoms with van der Waals surface area (Å²) in [6.45, 7) is 3.12. The van der Waals surface area contributed by atoms with Crippen LogP contribution >= 0.6 is 0 Å². The van der Waals surface area contributed by atoms with Gasteiger partial charge in [0, 0.05) is 19.2 Å². The summed E-state index contributed by atoms with van der Waals surface area (Å²) in [5.41, 5.74) is 1.58. The zero-order valence-electron chi connectivity index (χ0n) is 16.6. The number of hydrogen-bond donors (Lipinski definition) is 0. The lowest BCUT2D eigenvalue weighted by molar-refractivity contribution is 0.0787. The molecule has 0 fully saturated rings. The molecule has 2 aromatic rings. The second-order valence-electron chi connectivity index (χ2n) is 6.11. The lowest BCUT2D eigenvalue weighted by atomic mass is 10.1. The summed E-state index contributed by atoms with van der Waals surface area (Å²) in [7, 11) is 6.35. The maximum atomic E-state index is 12.7. The van der Waals surface area contributed by atoms with Crippen LogP contribution in [0.25, 0.3) is 0 Å². The third-order valence-electron chi connectivity index (χ3n) is 4.25. The molecule has 0 atom stereocenters. The fourth-order valence-corrected chi connectivity index (χ4v) is 2.73. The molecule has 0 spiro atoms. The van der Waals surface area contributed by atoms with Gasteiger partial charge in [0.1, 0.15) is 5.75 Å². The highest BCUT2D eigenvalue weighted by molar-refractivity contribution is 5.95. The van der Waals surface area contributed by atoms with Gasteiger partial charge in [-0.1, -0.05) is 18.2 Å². The Kier molecular flexibility index (Phi) is 7.34. The summed E-state index contributed by atoms with van der Waals surface area (Å²) in [5.74, 6) is 2.13. The Morgan fingerprint density at radius 3 is 2.15 bits per heavy atom. The number of aryl methyl sites for hydroxylation is 1. The van der Waals surface area contributed by atoms with Crippen LogP contribution in [0.3, 0.4) is 0 Å². The van der Waals surface area contributed by atoms with Crippen molar-refractivity contribution >= 4 is 5.91 Å². The minimum atomic E-state index is -0.120. The highest BCUT2D eigenvalue weighted by atomic mass is 16.5. The minimum Gasteiger partial charge on any atom is -0.493 e. The summed E-state index contributed by atoms with van der Waals surface area (Å²) in [4.78, 5) is 14.4. The molecule has 0 aliphatic carbocycles. The Bertz CT molecular complexity index is 750. The van der Waals surface area contributed by atoms with E-state index in [1.807, 2.05) is 31.2 Å². The van der Waals surface area contributed by atoms with Gasteiger partial charge in [-0.3, -0.25) is 4.79 Å². The SMILES string of the molecule is COc1cc(C(=O)N(C)CCCOc2ccccc2C)cc(OC)c1OC. The number of carbonyl (C=O) groups excluding carboxylic acids is 1. The van der Waals surface area contributed by atoms with Crippen LogP contribution in [0.4, 0.5) is 0 Å². The Balaban J connectivity index is 1.97. The fourth-order valence-electron chi connectivity index (χ4n) is 2.73. The molecule has 2 aromatic carbocycles. The van der Waals surface area contributed by atoms with Crippen molar-refractivity contribution in [1.29, 1.82) is 0 Å². The van der Waals surface area contributed by atoms with Gasteiger partial charge in [0.25, 0.3) is 5.91 Å². The first-order valence-electron chi connectivity index (χ1n) is 8.75. The van der Waals surface area contributed by atoms with Crippen LogP contribution in [0.1, 0.15) is 22.3 Å². The van der Waals surface area contributed by atoms with Crippen LogP contribution in [0, 0.1) is 6.92 Å². The number of amides is 1. The molecule has 0 aliphatic rings. The van der Waals surface area contributed by atoms with E-state index in [1.54, 1.807) is 24.1 Å². The Morgan fingerprint density at radius 1 is 0.963 bits per heavy atom. The number of rotatable bonds is 9. The molecule has 0 N–H and O–H groups in total. The van der Waals surface area contributed by atoms with Crippen molar-refractivity contribution in [2.45, 2.75) is 13.3 Å². The summed E-state index contributed by atoms with van der Waals surface area (Å²) >= 11 is 0. The normalized spacial score (nSPS) is 10.3. The molecule has 6 heteroatoms. The van der Waals surface area contributed by atoms with Gasteiger partial charge in [-0.05, 0) is 37.1 Å². The molecular formula is C21H27NO5. The third-order valence-corrected chi connectivity index (χ3v) is 4.25. The van der Waals surface area contributed by atoms with Gasteiger partial charge in [0.15, 0.2) is 11.5 Å². The van der Waals surface area contributed by atoms with Crippen LogP contribution < -0.4 is 18.9 Å². The summed E-state index contributed by atoms with van der Waals surface area (Å²) in [6, 6.07) is 11.2. The highest BCUT2D eigenvalue weighted by Crippen LogP contribution is 2.38. The van der Waals surface area contributed by atoms with E-state index < -0.39 is 0 Å². The van der Waals surface area contributed by atoms with E-state index in [-0.39, 0.29) is 5.91 Å². The van der Waals surface area contributed by atoms with Crippen molar-refractivity contribution in [2.24, 2.45) is 0 Å². The van der Waals surface area contributed by atoms with E-state index in [0.29, 0.717) is 36.0 Å². The highest BCUT2D eigenvalue weighted by Gasteiger charge is 2.19. The third kappa shape index (κ3) is 5.06. The maximum absolute atomic E-state index is 12.7. The number of hydrogen-bond acceptors (Lipinski definition) is 5. The fraction of sp³-hybridized carbons (Fsp3) is 0.381. The monoisotopic (exact) mass is 373 g/mol. The second kappa shape index (κ2) is 9.71. The smallest absolute Gasteiger partial charge is 0.253 e. The maximum Gasteiger partial charge on any atom is 0.253 e. The molecule has 0 unspecified atom stereocenters. The van der Waals surface area contributed by atoms with Gasteiger partial charge >= 0.3 is 0 Å². The first-order chi connectivity index (χ1) is 13.0. The van der Waals surface area contributed by atoms with E-state index in [2.05, 4.69) is 0 Å². The molecule has 0 saturated carbocycles. The summed E-state index contributed by atoms with van der Waals surface area (Å²) in [5, 5.41) is 0. The molecule has 146 valence electrons. The lowest BCUT2D eigenvalue weighted by Gasteiger charge is -2.19. The minimum absolute atomic E-state index is 0.120. The summed E-state index contributed by atoms with van der Waals surface area (Å²) < 4.78 is 21.7. The van der Waals surface area contributed by atoms with Crippen molar-refractivity contribution in [1.82, 2.24) is 4.90 Å². The lowest BCUT2D eigenvalue weighted by Crippen LogP contribution is -2.28. The Labute approximate surface area is 160 Å². The van der Waals surface area contributed by atoms with E-state index >= 15 is 0 Å². The number of carbonyl (C=O) groups is 1. The molecule has 0 saturated heterocycles. The van der Waals surface area contributed by atoms with Crippen LogP contribution in [0.2, 0.25) is 0 Å². The van der Waals surface area contributed by atoms with Crippen LogP contribution in [0.15, 0.2) is 36.4 Å². The van der Waals surface area contributed by atoms with E-state index in [0.717, 1.165) is 17.7 Å². The topological polar surface area (TPSA) is 57.2 Å². The zero-order valence-corrected chi connectivity index (χ0v) is 16.6. The Hall–Kier alpha value is -2.89. The molecular weight excluding hydrogens is 346 g/mol. The Morgan fingerprint density at radius 2 is 1.59 bits per heavy atom. The number of ether oxygens (including phenoxy) is 4. The largest absolute Gasteiger partial charge is 0.493 e. The zero-order chi connectivity index (χ0) is 19.8. The first-order valence-corrected chi connectivity index (χ1v) is 8.75. The molecule has 2 rings (SSSR count). The number of methoxy groups -OCH3 is 3. The number of nitrogens with zero attached hydrogens (tertiary/aromatic N) is 1. The molecule has 6 nitrogen and oxygen atoms in total. The molecule has 1 amide bonds.